The molecule has 12 aromatic carbocycles. The van der Waals surface area contributed by atoms with E-state index in [0.717, 1.165) is 39.7 Å². The maximum absolute atomic E-state index is 2.43. The Balaban J connectivity index is 0.875. The van der Waals surface area contributed by atoms with E-state index in [-0.39, 0.29) is 0 Å². The molecule has 4 heteroatoms. The molecule has 0 saturated carbocycles. The Hall–Kier alpha value is -9.90. The Morgan fingerprint density at radius 2 is 0.568 bits per heavy atom. The van der Waals surface area contributed by atoms with Crippen LogP contribution in [0.2, 0.25) is 0 Å². The summed E-state index contributed by atoms with van der Waals surface area (Å²) in [6.07, 6.45) is 0. The van der Waals surface area contributed by atoms with E-state index in [0.29, 0.717) is 0 Å². The minimum atomic E-state index is 1.07. The van der Waals surface area contributed by atoms with Crippen LogP contribution in [0.1, 0.15) is 0 Å². The standard InChI is InChI=1S/C70H46N4/c1-3-17-50(18-4-1)72-66-29-15-11-25-60(66)62-45-48(33-42-69(62)72)47-31-35-52(36-32-47)71(53-37-39-54(40-38-53)74-64-27-13-9-23-58(64)59-24-10-14-28-65(59)74)68-44-41-55(56-21-7-8-22-57(56)68)49-34-43-70-63(46-49)61-26-12-16-30-67(61)73(70)51-19-5-2-6-20-51/h1-46H. The van der Waals surface area contributed by atoms with Gasteiger partial charge >= 0.3 is 0 Å². The highest BCUT2D eigenvalue weighted by atomic mass is 15.1. The van der Waals surface area contributed by atoms with Gasteiger partial charge in [0, 0.05) is 66.1 Å². The predicted molar refractivity (Wildman–Crippen MR) is 313 cm³/mol. The molecule has 0 aliphatic rings. The number of para-hydroxylation sites is 6. The summed E-state index contributed by atoms with van der Waals surface area (Å²) in [5.41, 5.74) is 18.6. The number of benzene rings is 12. The van der Waals surface area contributed by atoms with E-state index >= 15 is 0 Å². The highest BCUT2D eigenvalue weighted by Crippen LogP contribution is 2.45. The zero-order chi connectivity index (χ0) is 48.7. The van der Waals surface area contributed by atoms with Crippen LogP contribution in [0, 0.1) is 0 Å². The first kappa shape index (κ1) is 41.8. The van der Waals surface area contributed by atoms with Crippen molar-refractivity contribution in [3.05, 3.63) is 279 Å². The van der Waals surface area contributed by atoms with Gasteiger partial charge in [-0.2, -0.15) is 0 Å². The third-order valence-electron chi connectivity index (χ3n) is 15.2. The lowest BCUT2D eigenvalue weighted by atomic mass is 9.95. The van der Waals surface area contributed by atoms with Gasteiger partial charge in [0.25, 0.3) is 0 Å². The number of rotatable bonds is 8. The highest BCUT2D eigenvalue weighted by Gasteiger charge is 2.21. The van der Waals surface area contributed by atoms with Crippen molar-refractivity contribution in [3.8, 4) is 39.3 Å². The van der Waals surface area contributed by atoms with Gasteiger partial charge in [-0.3, -0.25) is 0 Å². The Bertz CT molecular complexity index is 4580. The molecule has 3 heterocycles. The summed E-state index contributed by atoms with van der Waals surface area (Å²) in [7, 11) is 0. The van der Waals surface area contributed by atoms with Crippen molar-refractivity contribution in [1.82, 2.24) is 13.7 Å². The number of hydrogen-bond acceptors (Lipinski definition) is 1. The van der Waals surface area contributed by atoms with Gasteiger partial charge in [0.2, 0.25) is 0 Å². The second-order valence-electron chi connectivity index (χ2n) is 19.3. The van der Waals surface area contributed by atoms with Crippen molar-refractivity contribution < 1.29 is 0 Å². The quantitative estimate of drug-likeness (QED) is 0.148. The molecule has 0 bridgehead atoms. The van der Waals surface area contributed by atoms with Gasteiger partial charge in [-0.15, -0.1) is 0 Å². The van der Waals surface area contributed by atoms with E-state index in [1.807, 2.05) is 0 Å². The molecule has 346 valence electrons. The summed E-state index contributed by atoms with van der Waals surface area (Å²) < 4.78 is 7.15. The first-order valence-corrected chi connectivity index (χ1v) is 25.4. The van der Waals surface area contributed by atoms with Crippen LogP contribution in [-0.4, -0.2) is 13.7 Å². The second-order valence-corrected chi connectivity index (χ2v) is 19.3. The molecule has 0 N–H and O–H groups in total. The average molecular weight is 943 g/mol. The van der Waals surface area contributed by atoms with Gasteiger partial charge in [0.1, 0.15) is 0 Å². The maximum atomic E-state index is 2.43. The van der Waals surface area contributed by atoms with Gasteiger partial charge in [0.15, 0.2) is 0 Å². The molecule has 0 fully saturated rings. The lowest BCUT2D eigenvalue weighted by Crippen LogP contribution is -2.11. The van der Waals surface area contributed by atoms with Crippen LogP contribution in [0.3, 0.4) is 0 Å². The van der Waals surface area contributed by atoms with Crippen LogP contribution in [0.15, 0.2) is 279 Å². The normalized spacial score (nSPS) is 11.8. The van der Waals surface area contributed by atoms with Crippen LogP contribution in [-0.2, 0) is 0 Å². The fraction of sp³-hybridized carbons (Fsp3) is 0. The van der Waals surface area contributed by atoms with Gasteiger partial charge in [-0.1, -0.05) is 164 Å². The van der Waals surface area contributed by atoms with Gasteiger partial charge < -0.3 is 18.6 Å². The van der Waals surface area contributed by atoms with Crippen molar-refractivity contribution in [1.29, 1.82) is 0 Å². The number of aromatic nitrogens is 3. The summed E-state index contributed by atoms with van der Waals surface area (Å²) in [6, 6.07) is 102. The molecule has 0 amide bonds. The van der Waals surface area contributed by atoms with Crippen LogP contribution >= 0.6 is 0 Å². The Morgan fingerprint density at radius 1 is 0.216 bits per heavy atom. The van der Waals surface area contributed by atoms with E-state index in [1.54, 1.807) is 0 Å². The zero-order valence-corrected chi connectivity index (χ0v) is 40.3. The summed E-state index contributed by atoms with van der Waals surface area (Å²) in [4.78, 5) is 2.43. The average Bonchev–Trinajstić information content (AvgIpc) is 4.11. The topological polar surface area (TPSA) is 18.0 Å². The molecule has 0 spiro atoms. The minimum absolute atomic E-state index is 1.07. The first-order chi connectivity index (χ1) is 36.7. The van der Waals surface area contributed by atoms with E-state index in [9.17, 15) is 0 Å². The molecule has 74 heavy (non-hydrogen) atoms. The molecule has 15 aromatic rings. The first-order valence-electron chi connectivity index (χ1n) is 25.4. The zero-order valence-electron chi connectivity index (χ0n) is 40.3. The van der Waals surface area contributed by atoms with Crippen LogP contribution < -0.4 is 4.90 Å². The van der Waals surface area contributed by atoms with Gasteiger partial charge in [-0.05, 0) is 143 Å². The smallest absolute Gasteiger partial charge is 0.0541 e. The number of fused-ring (bicyclic) bond motifs is 10. The number of nitrogens with zero attached hydrogens (tertiary/aromatic N) is 4. The number of anilines is 3. The van der Waals surface area contributed by atoms with Crippen molar-refractivity contribution in [2.45, 2.75) is 0 Å². The molecular formula is C70H46N4. The fourth-order valence-corrected chi connectivity index (χ4v) is 11.9. The van der Waals surface area contributed by atoms with Gasteiger partial charge in [-0.25, -0.2) is 0 Å². The number of hydrogen-bond donors (Lipinski definition) is 0. The van der Waals surface area contributed by atoms with Crippen LogP contribution in [0.5, 0.6) is 0 Å². The SMILES string of the molecule is c1ccc(-n2c3ccccc3c3cc(-c4ccc(N(c5ccc(-n6c7ccccc7c7ccccc76)cc5)c5ccc(-c6ccc7c(c6)c6ccccc6n7-c6ccccc6)c6ccccc56)cc4)ccc32)cc1. The van der Waals surface area contributed by atoms with Crippen molar-refractivity contribution in [3.63, 3.8) is 0 Å². The molecule has 4 nitrogen and oxygen atoms in total. The molecule has 3 aromatic heterocycles. The lowest BCUT2D eigenvalue weighted by Gasteiger charge is -2.28. The van der Waals surface area contributed by atoms with Crippen molar-refractivity contribution >= 4 is 93.3 Å². The minimum Gasteiger partial charge on any atom is -0.310 e. The Labute approximate surface area is 428 Å². The predicted octanol–water partition coefficient (Wildman–Crippen LogP) is 18.9. The fourth-order valence-electron chi connectivity index (χ4n) is 11.9. The van der Waals surface area contributed by atoms with E-state index in [2.05, 4.69) is 298 Å². The molecule has 0 unspecified atom stereocenters. The molecule has 0 saturated heterocycles. The lowest BCUT2D eigenvalue weighted by molar-refractivity contribution is 1.17. The third-order valence-corrected chi connectivity index (χ3v) is 15.2. The highest BCUT2D eigenvalue weighted by molar-refractivity contribution is 6.14. The molecule has 15 rings (SSSR count). The summed E-state index contributed by atoms with van der Waals surface area (Å²) in [5.74, 6) is 0. The van der Waals surface area contributed by atoms with Crippen molar-refractivity contribution in [2.75, 3.05) is 4.90 Å². The third kappa shape index (κ3) is 6.55. The molecule has 0 aliphatic heterocycles. The summed E-state index contributed by atoms with van der Waals surface area (Å²) in [6.45, 7) is 0. The van der Waals surface area contributed by atoms with Crippen LogP contribution in [0.4, 0.5) is 17.1 Å². The van der Waals surface area contributed by atoms with Gasteiger partial charge in [0.05, 0.1) is 38.8 Å². The Morgan fingerprint density at radius 3 is 1.07 bits per heavy atom. The second kappa shape index (κ2) is 16.9. The van der Waals surface area contributed by atoms with E-state index in [1.165, 1.54) is 92.9 Å². The maximum Gasteiger partial charge on any atom is 0.0541 e. The molecule has 0 aliphatic carbocycles. The van der Waals surface area contributed by atoms with E-state index in [4.69, 9.17) is 0 Å². The summed E-state index contributed by atoms with van der Waals surface area (Å²) >= 11 is 0. The van der Waals surface area contributed by atoms with Crippen LogP contribution in [0.25, 0.3) is 116 Å². The molecular weight excluding hydrogens is 897 g/mol. The summed E-state index contributed by atoms with van der Waals surface area (Å²) in [5, 5.41) is 9.84. The van der Waals surface area contributed by atoms with Crippen molar-refractivity contribution in [2.24, 2.45) is 0 Å². The van der Waals surface area contributed by atoms with E-state index < -0.39 is 0 Å². The largest absolute Gasteiger partial charge is 0.310 e. The monoisotopic (exact) mass is 942 g/mol. The Kier molecular flexibility index (Phi) is 9.54. The molecule has 0 atom stereocenters. The molecule has 0 radical (unpaired) electrons.